The topological polar surface area (TPSA) is 49.4 Å². The summed E-state index contributed by atoms with van der Waals surface area (Å²) in [5.41, 5.74) is 2.84. The molecule has 0 fully saturated rings. The molecule has 4 nitrogen and oxygen atoms in total. The Labute approximate surface area is 130 Å². The van der Waals surface area contributed by atoms with Crippen molar-refractivity contribution in [3.8, 4) is 0 Å². The van der Waals surface area contributed by atoms with Crippen molar-refractivity contribution in [3.05, 3.63) is 58.1 Å². The normalized spacial score (nSPS) is 13.6. The number of para-hydroxylation sites is 2. The maximum atomic E-state index is 12.8. The molecule has 0 bridgehead atoms. The van der Waals surface area contributed by atoms with E-state index in [0.29, 0.717) is 11.3 Å². The van der Waals surface area contributed by atoms with Gasteiger partial charge in [0.1, 0.15) is 6.54 Å². The third kappa shape index (κ3) is 2.45. The molecule has 0 radical (unpaired) electrons. The number of carbonyl (C=O) groups excluding carboxylic acids is 2. The Morgan fingerprint density at radius 3 is 2.76 bits per heavy atom. The van der Waals surface area contributed by atoms with E-state index in [4.69, 9.17) is 0 Å². The number of fused-ring (bicyclic) bond motifs is 1. The predicted molar refractivity (Wildman–Crippen MR) is 85.6 cm³/mol. The number of halogens is 1. The maximum absolute atomic E-state index is 12.8. The van der Waals surface area contributed by atoms with Crippen molar-refractivity contribution in [2.75, 3.05) is 16.8 Å². The molecular weight excluding hydrogens is 332 g/mol. The third-order valence-electron chi connectivity index (χ3n) is 3.51. The summed E-state index contributed by atoms with van der Waals surface area (Å²) < 4.78 is 0.878. The Morgan fingerprint density at radius 1 is 1.19 bits per heavy atom. The molecule has 1 N–H and O–H groups in total. The molecule has 0 unspecified atom stereocenters. The van der Waals surface area contributed by atoms with Crippen LogP contribution in [0.25, 0.3) is 0 Å². The Bertz CT molecular complexity index is 743. The second-order valence-corrected chi connectivity index (χ2v) is 5.72. The average molecular weight is 345 g/mol. The molecule has 0 atom stereocenters. The first kappa shape index (κ1) is 13.8. The van der Waals surface area contributed by atoms with Crippen molar-refractivity contribution in [3.63, 3.8) is 0 Å². The molecule has 2 aromatic carbocycles. The van der Waals surface area contributed by atoms with Gasteiger partial charge in [0.2, 0.25) is 5.91 Å². The zero-order valence-electron chi connectivity index (χ0n) is 11.4. The number of hydrogen-bond donors (Lipinski definition) is 1. The van der Waals surface area contributed by atoms with Gasteiger partial charge in [-0.25, -0.2) is 0 Å². The molecule has 0 aliphatic carbocycles. The van der Waals surface area contributed by atoms with Crippen LogP contribution in [0.5, 0.6) is 0 Å². The minimum Gasteiger partial charge on any atom is -0.323 e. The maximum Gasteiger partial charge on any atom is 0.259 e. The van der Waals surface area contributed by atoms with E-state index in [1.807, 2.05) is 37.3 Å². The Balaban J connectivity index is 2.06. The molecule has 0 saturated carbocycles. The van der Waals surface area contributed by atoms with E-state index in [1.165, 1.54) is 4.90 Å². The van der Waals surface area contributed by atoms with Gasteiger partial charge in [-0.15, -0.1) is 0 Å². The number of nitrogens with zero attached hydrogens (tertiary/aromatic N) is 1. The summed E-state index contributed by atoms with van der Waals surface area (Å²) in [6, 6.07) is 12.8. The number of hydrogen-bond acceptors (Lipinski definition) is 2. The van der Waals surface area contributed by atoms with Crippen LogP contribution in [-0.4, -0.2) is 18.4 Å². The van der Waals surface area contributed by atoms with Gasteiger partial charge in [0, 0.05) is 10.0 Å². The molecule has 1 heterocycles. The lowest BCUT2D eigenvalue weighted by Crippen LogP contribution is -2.42. The molecule has 0 saturated heterocycles. The lowest BCUT2D eigenvalue weighted by Gasteiger charge is -2.29. The number of rotatable bonds is 1. The van der Waals surface area contributed by atoms with Crippen LogP contribution in [0.1, 0.15) is 15.9 Å². The van der Waals surface area contributed by atoms with Crippen molar-refractivity contribution in [2.45, 2.75) is 6.92 Å². The molecule has 2 aromatic rings. The van der Waals surface area contributed by atoms with E-state index < -0.39 is 0 Å². The highest BCUT2D eigenvalue weighted by Crippen LogP contribution is 2.31. The fourth-order valence-corrected chi connectivity index (χ4v) is 2.77. The van der Waals surface area contributed by atoms with Crippen LogP contribution in [-0.2, 0) is 4.79 Å². The first-order chi connectivity index (χ1) is 10.1. The summed E-state index contributed by atoms with van der Waals surface area (Å²) >= 11 is 3.43. The first-order valence-corrected chi connectivity index (χ1v) is 7.33. The van der Waals surface area contributed by atoms with Gasteiger partial charge in [-0.2, -0.15) is 0 Å². The highest BCUT2D eigenvalue weighted by molar-refractivity contribution is 9.10. The van der Waals surface area contributed by atoms with Crippen molar-refractivity contribution < 1.29 is 9.59 Å². The monoisotopic (exact) mass is 344 g/mol. The van der Waals surface area contributed by atoms with Gasteiger partial charge in [0.15, 0.2) is 0 Å². The van der Waals surface area contributed by atoms with E-state index in [-0.39, 0.29) is 18.4 Å². The van der Waals surface area contributed by atoms with Crippen LogP contribution < -0.4 is 10.2 Å². The van der Waals surface area contributed by atoms with Crippen LogP contribution in [0.15, 0.2) is 46.9 Å². The van der Waals surface area contributed by atoms with E-state index in [1.54, 1.807) is 12.1 Å². The third-order valence-corrected chi connectivity index (χ3v) is 4.37. The highest BCUT2D eigenvalue weighted by Gasteiger charge is 2.28. The van der Waals surface area contributed by atoms with E-state index in [2.05, 4.69) is 21.2 Å². The second kappa shape index (κ2) is 5.33. The number of carbonyl (C=O) groups is 2. The van der Waals surface area contributed by atoms with Crippen molar-refractivity contribution in [1.82, 2.24) is 0 Å². The molecule has 1 aliphatic rings. The number of anilines is 2. The highest BCUT2D eigenvalue weighted by atomic mass is 79.9. The molecule has 2 amide bonds. The molecule has 3 rings (SSSR count). The quantitative estimate of drug-likeness (QED) is 0.862. The summed E-state index contributed by atoms with van der Waals surface area (Å²) in [6.07, 6.45) is 0. The van der Waals surface area contributed by atoms with E-state index >= 15 is 0 Å². The van der Waals surface area contributed by atoms with E-state index in [9.17, 15) is 9.59 Å². The lowest BCUT2D eigenvalue weighted by molar-refractivity contribution is -0.115. The average Bonchev–Trinajstić information content (AvgIpc) is 2.48. The van der Waals surface area contributed by atoms with Crippen molar-refractivity contribution >= 4 is 39.1 Å². The molecule has 5 heteroatoms. The lowest BCUT2D eigenvalue weighted by atomic mass is 10.1. The summed E-state index contributed by atoms with van der Waals surface area (Å²) in [5, 5.41) is 2.78. The van der Waals surface area contributed by atoms with Crippen LogP contribution in [0, 0.1) is 6.92 Å². The van der Waals surface area contributed by atoms with Gasteiger partial charge in [0.25, 0.3) is 5.91 Å². The van der Waals surface area contributed by atoms with Crippen LogP contribution in [0.3, 0.4) is 0 Å². The Hall–Kier alpha value is -2.14. The molecule has 1 aliphatic heterocycles. The summed E-state index contributed by atoms with van der Waals surface area (Å²) in [7, 11) is 0. The second-order valence-electron chi connectivity index (χ2n) is 4.87. The minimum atomic E-state index is -0.185. The SMILES string of the molecule is Cc1c(Br)cccc1C(=O)N1CC(=O)Nc2ccccc21. The van der Waals surface area contributed by atoms with Gasteiger partial charge in [-0.05, 0) is 36.8 Å². The molecule has 0 aromatic heterocycles. The van der Waals surface area contributed by atoms with E-state index in [0.717, 1.165) is 15.7 Å². The van der Waals surface area contributed by atoms with Gasteiger partial charge < -0.3 is 5.32 Å². The summed E-state index contributed by atoms with van der Waals surface area (Å²) in [6.45, 7) is 1.91. The van der Waals surface area contributed by atoms with Crippen LogP contribution >= 0.6 is 15.9 Å². The molecular formula is C16H13BrN2O2. The van der Waals surface area contributed by atoms with Crippen molar-refractivity contribution in [2.24, 2.45) is 0 Å². The Morgan fingerprint density at radius 2 is 1.95 bits per heavy atom. The molecule has 21 heavy (non-hydrogen) atoms. The zero-order chi connectivity index (χ0) is 15.0. The largest absolute Gasteiger partial charge is 0.323 e. The zero-order valence-corrected chi connectivity index (χ0v) is 13.0. The smallest absolute Gasteiger partial charge is 0.259 e. The van der Waals surface area contributed by atoms with Crippen molar-refractivity contribution in [1.29, 1.82) is 0 Å². The number of amides is 2. The summed E-state index contributed by atoms with van der Waals surface area (Å²) in [5.74, 6) is -0.356. The Kier molecular flexibility index (Phi) is 3.51. The number of benzene rings is 2. The van der Waals surface area contributed by atoms with Crippen LogP contribution in [0.4, 0.5) is 11.4 Å². The van der Waals surface area contributed by atoms with Gasteiger partial charge >= 0.3 is 0 Å². The number of nitrogens with one attached hydrogen (secondary N) is 1. The predicted octanol–water partition coefficient (Wildman–Crippen LogP) is 3.36. The fraction of sp³-hybridized carbons (Fsp3) is 0.125. The molecule has 106 valence electrons. The van der Waals surface area contributed by atoms with Gasteiger partial charge in [-0.3, -0.25) is 14.5 Å². The standard InChI is InChI=1S/C16H13BrN2O2/c1-10-11(5-4-6-12(10)17)16(21)19-9-15(20)18-13-7-2-3-8-14(13)19/h2-8H,9H2,1H3,(H,18,20). The minimum absolute atomic E-state index is 0.0296. The van der Waals surface area contributed by atoms with Gasteiger partial charge in [-0.1, -0.05) is 34.1 Å². The summed E-state index contributed by atoms with van der Waals surface area (Å²) in [4.78, 5) is 26.1. The fourth-order valence-electron chi connectivity index (χ4n) is 2.40. The molecule has 0 spiro atoms. The van der Waals surface area contributed by atoms with Gasteiger partial charge in [0.05, 0.1) is 11.4 Å². The van der Waals surface area contributed by atoms with Crippen LogP contribution in [0.2, 0.25) is 0 Å². The first-order valence-electron chi connectivity index (χ1n) is 6.54.